The van der Waals surface area contributed by atoms with Crippen molar-refractivity contribution in [2.75, 3.05) is 32.4 Å². The van der Waals surface area contributed by atoms with E-state index in [9.17, 15) is 14.4 Å². The van der Waals surface area contributed by atoms with E-state index in [2.05, 4.69) is 29.2 Å². The SMILES string of the molecule is CCOP1(=O)CCN(Cc2ccccc2-c2ccccc2)CCC1(CCCCN(C(=O)OC(C)(C)C)C(=O)OC(C)(C)C)C(=O)OC(C)(C)C. The van der Waals surface area contributed by atoms with Gasteiger partial charge in [-0.1, -0.05) is 54.6 Å². The molecule has 2 amide bonds. The Morgan fingerprint density at radius 3 is 1.90 bits per heavy atom. The van der Waals surface area contributed by atoms with Gasteiger partial charge in [0.05, 0.1) is 6.61 Å². The van der Waals surface area contributed by atoms with E-state index >= 15 is 4.57 Å². The zero-order valence-corrected chi connectivity index (χ0v) is 32.8. The second-order valence-electron chi connectivity index (χ2n) is 16.0. The second-order valence-corrected chi connectivity index (χ2v) is 18.9. The van der Waals surface area contributed by atoms with E-state index in [4.69, 9.17) is 18.7 Å². The number of esters is 1. The van der Waals surface area contributed by atoms with E-state index in [1.165, 1.54) is 0 Å². The third kappa shape index (κ3) is 11.7. The van der Waals surface area contributed by atoms with Crippen molar-refractivity contribution in [3.8, 4) is 11.1 Å². The van der Waals surface area contributed by atoms with E-state index in [-0.39, 0.29) is 32.2 Å². The maximum atomic E-state index is 15.1. The van der Waals surface area contributed by atoms with Gasteiger partial charge in [-0.05, 0) is 112 Å². The molecule has 0 spiro atoms. The molecule has 278 valence electrons. The largest absolute Gasteiger partial charge is 0.459 e. The highest BCUT2D eigenvalue weighted by atomic mass is 31.2. The summed E-state index contributed by atoms with van der Waals surface area (Å²) in [6.45, 7) is 19.3. The first-order chi connectivity index (χ1) is 23.2. The third-order valence-electron chi connectivity index (χ3n) is 8.27. The van der Waals surface area contributed by atoms with Crippen molar-refractivity contribution in [2.45, 2.75) is 123 Å². The van der Waals surface area contributed by atoms with Crippen LogP contribution in [0.25, 0.3) is 11.1 Å². The predicted octanol–water partition coefficient (Wildman–Crippen LogP) is 9.30. The van der Waals surface area contributed by atoms with E-state index in [1.807, 2.05) is 30.3 Å². The van der Waals surface area contributed by atoms with Gasteiger partial charge in [0.15, 0.2) is 0 Å². The van der Waals surface area contributed by atoms with Crippen LogP contribution < -0.4 is 0 Å². The molecule has 0 bridgehead atoms. The standard InChI is InChI=1S/C39H59N2O8P/c1-11-46-50(45)28-27-40(29-31-21-15-16-22-32(31)30-19-13-12-14-20-30)26-24-39(50,33(42)47-36(2,3)4)23-17-18-25-41(34(43)48-37(5,6)7)35(44)49-38(8,9)10/h12-16,19-22H,11,17-18,23-29H2,1-10H3. The number of amides is 2. The summed E-state index contributed by atoms with van der Waals surface area (Å²) in [7, 11) is -3.62. The average molecular weight is 715 g/mol. The predicted molar refractivity (Wildman–Crippen MR) is 197 cm³/mol. The van der Waals surface area contributed by atoms with Gasteiger partial charge < -0.3 is 18.7 Å². The van der Waals surface area contributed by atoms with Gasteiger partial charge >= 0.3 is 18.2 Å². The molecule has 1 saturated heterocycles. The number of imide groups is 1. The normalized spacial score (nSPS) is 20.4. The summed E-state index contributed by atoms with van der Waals surface area (Å²) in [6, 6.07) is 18.5. The Morgan fingerprint density at radius 2 is 1.34 bits per heavy atom. The molecule has 3 rings (SSSR count). The number of rotatable bonds is 11. The number of hydrogen-bond donors (Lipinski definition) is 0. The van der Waals surface area contributed by atoms with Gasteiger partial charge in [-0.3, -0.25) is 14.3 Å². The lowest BCUT2D eigenvalue weighted by Gasteiger charge is -2.38. The first kappa shape index (κ1) is 41.2. The van der Waals surface area contributed by atoms with Crippen LogP contribution in [0, 0.1) is 0 Å². The second kappa shape index (κ2) is 16.9. The van der Waals surface area contributed by atoms with Crippen LogP contribution in [0.3, 0.4) is 0 Å². The summed E-state index contributed by atoms with van der Waals surface area (Å²) >= 11 is 0. The molecular weight excluding hydrogens is 655 g/mol. The Hall–Kier alpha value is -3.20. The third-order valence-corrected chi connectivity index (χ3v) is 11.7. The van der Waals surface area contributed by atoms with Crippen LogP contribution >= 0.6 is 7.37 Å². The summed E-state index contributed by atoms with van der Waals surface area (Å²) < 4.78 is 38.2. The number of carbonyl (C=O) groups excluding carboxylic acids is 3. The number of ether oxygens (including phenoxy) is 3. The van der Waals surface area contributed by atoms with Crippen molar-refractivity contribution in [1.29, 1.82) is 0 Å². The van der Waals surface area contributed by atoms with Crippen molar-refractivity contribution in [1.82, 2.24) is 9.80 Å². The first-order valence-electron chi connectivity index (χ1n) is 17.7. The van der Waals surface area contributed by atoms with Crippen molar-refractivity contribution in [2.24, 2.45) is 0 Å². The van der Waals surface area contributed by atoms with Gasteiger partial charge in [0, 0.05) is 32.3 Å². The Morgan fingerprint density at radius 1 is 0.780 bits per heavy atom. The zero-order valence-electron chi connectivity index (χ0n) is 31.9. The van der Waals surface area contributed by atoms with Crippen molar-refractivity contribution >= 4 is 25.5 Å². The Labute approximate surface area is 299 Å². The van der Waals surface area contributed by atoms with Crippen LogP contribution in [-0.4, -0.2) is 82.3 Å². The van der Waals surface area contributed by atoms with E-state index in [0.29, 0.717) is 32.5 Å². The molecule has 0 aromatic heterocycles. The van der Waals surface area contributed by atoms with Crippen LogP contribution in [0.5, 0.6) is 0 Å². The molecule has 1 fully saturated rings. The van der Waals surface area contributed by atoms with Crippen molar-refractivity contribution in [3.63, 3.8) is 0 Å². The molecule has 0 aliphatic carbocycles. The minimum absolute atomic E-state index is 0.00441. The highest BCUT2D eigenvalue weighted by Gasteiger charge is 2.57. The zero-order chi connectivity index (χ0) is 37.4. The minimum Gasteiger partial charge on any atom is -0.459 e. The molecule has 10 nitrogen and oxygen atoms in total. The van der Waals surface area contributed by atoms with Crippen LogP contribution in [0.2, 0.25) is 0 Å². The van der Waals surface area contributed by atoms with Gasteiger partial charge in [-0.15, -0.1) is 0 Å². The highest BCUT2D eigenvalue weighted by Crippen LogP contribution is 2.64. The smallest absolute Gasteiger partial charge is 0.419 e. The Balaban J connectivity index is 1.91. The van der Waals surface area contributed by atoms with Crippen LogP contribution in [-0.2, 0) is 34.6 Å². The summed E-state index contributed by atoms with van der Waals surface area (Å²) in [5.74, 6) is -0.538. The monoisotopic (exact) mass is 714 g/mol. The van der Waals surface area contributed by atoms with Gasteiger partial charge in [0.25, 0.3) is 0 Å². The summed E-state index contributed by atoms with van der Waals surface area (Å²) in [6.07, 6.45) is -0.267. The molecule has 0 N–H and O–H groups in total. The fourth-order valence-electron chi connectivity index (χ4n) is 6.06. The highest BCUT2D eigenvalue weighted by molar-refractivity contribution is 7.61. The molecule has 11 heteroatoms. The minimum atomic E-state index is -3.62. The number of benzene rings is 2. The van der Waals surface area contributed by atoms with Gasteiger partial charge in [-0.25, -0.2) is 14.5 Å². The van der Waals surface area contributed by atoms with Gasteiger partial charge in [0.2, 0.25) is 7.37 Å². The van der Waals surface area contributed by atoms with Gasteiger partial charge in [0.1, 0.15) is 22.0 Å². The Kier molecular flexibility index (Phi) is 13.9. The molecular formula is C39H59N2O8P. The molecule has 1 heterocycles. The van der Waals surface area contributed by atoms with Crippen LogP contribution in [0.1, 0.15) is 100 Å². The number of nitrogens with zero attached hydrogens (tertiary/aromatic N) is 2. The fraction of sp³-hybridized carbons (Fsp3) is 0.615. The number of unbranched alkanes of at least 4 members (excludes halogenated alkanes) is 1. The van der Waals surface area contributed by atoms with Crippen LogP contribution in [0.15, 0.2) is 54.6 Å². The maximum Gasteiger partial charge on any atom is 0.419 e. The summed E-state index contributed by atoms with van der Waals surface area (Å²) in [4.78, 5) is 43.7. The number of carbonyl (C=O) groups is 3. The maximum absolute atomic E-state index is 15.1. The number of hydrogen-bond acceptors (Lipinski definition) is 9. The average Bonchev–Trinajstić information content (AvgIpc) is 3.12. The van der Waals surface area contributed by atoms with Crippen LogP contribution in [0.4, 0.5) is 9.59 Å². The lowest BCUT2D eigenvalue weighted by Crippen LogP contribution is -2.45. The van der Waals surface area contributed by atoms with Gasteiger partial charge in [-0.2, -0.15) is 0 Å². The summed E-state index contributed by atoms with van der Waals surface area (Å²) in [5.41, 5.74) is 0.924. The molecule has 0 saturated carbocycles. The molecule has 2 unspecified atom stereocenters. The molecule has 2 aromatic carbocycles. The summed E-state index contributed by atoms with van der Waals surface area (Å²) in [5, 5.41) is -1.41. The lowest BCUT2D eigenvalue weighted by molar-refractivity contribution is -0.159. The first-order valence-corrected chi connectivity index (χ1v) is 19.6. The molecule has 0 radical (unpaired) electrons. The quantitative estimate of drug-likeness (QED) is 0.0973. The van der Waals surface area contributed by atoms with Crippen molar-refractivity contribution < 1.29 is 37.7 Å². The molecule has 1 aliphatic heterocycles. The lowest BCUT2D eigenvalue weighted by atomic mass is 9.95. The molecule has 2 aromatic rings. The van der Waals surface area contributed by atoms with Crippen molar-refractivity contribution in [3.05, 3.63) is 60.2 Å². The van der Waals surface area contributed by atoms with E-state index in [1.54, 1.807) is 69.2 Å². The molecule has 50 heavy (non-hydrogen) atoms. The Bertz CT molecular complexity index is 1460. The fourth-order valence-corrected chi connectivity index (χ4v) is 9.09. The molecule has 1 aliphatic rings. The van der Waals surface area contributed by atoms with E-state index in [0.717, 1.165) is 21.6 Å². The van der Waals surface area contributed by atoms with E-state index < -0.39 is 47.5 Å². The topological polar surface area (TPSA) is 112 Å². The molecule has 2 atom stereocenters.